The molecule has 114 valence electrons. The van der Waals surface area contributed by atoms with Crippen LogP contribution in [-0.2, 0) is 14.4 Å². The average molecular weight is 298 g/mol. The van der Waals surface area contributed by atoms with E-state index in [1.165, 1.54) is 24.3 Å². The molecule has 0 saturated carbocycles. The first-order chi connectivity index (χ1) is 9.77. The van der Waals surface area contributed by atoms with E-state index in [1.54, 1.807) is 6.07 Å². The number of ketones is 2. The number of rotatable bonds is 7. The van der Waals surface area contributed by atoms with Crippen LogP contribution in [0.15, 0.2) is 30.3 Å². The van der Waals surface area contributed by atoms with Crippen LogP contribution in [-0.4, -0.2) is 61.4 Å². The summed E-state index contributed by atoms with van der Waals surface area (Å²) in [4.78, 5) is 33.7. The molecule has 5 N–H and O–H groups in total. The molecule has 0 aliphatic carbocycles. The Morgan fingerprint density at radius 3 is 1.81 bits per heavy atom. The van der Waals surface area contributed by atoms with Crippen LogP contribution in [0.25, 0.3) is 0 Å². The topological polar surface area (TPSA) is 152 Å². The van der Waals surface area contributed by atoms with Crippen LogP contribution in [0.4, 0.5) is 0 Å². The Balaban J connectivity index is 2.83. The van der Waals surface area contributed by atoms with Gasteiger partial charge < -0.3 is 25.5 Å². The second-order valence-corrected chi connectivity index (χ2v) is 4.26. The highest BCUT2D eigenvalue weighted by Gasteiger charge is 2.39. The lowest BCUT2D eigenvalue weighted by atomic mass is 9.96. The van der Waals surface area contributed by atoms with Crippen molar-refractivity contribution >= 4 is 17.5 Å². The molecule has 0 radical (unpaired) electrons. The van der Waals surface area contributed by atoms with Gasteiger partial charge in [0.1, 0.15) is 18.3 Å². The summed E-state index contributed by atoms with van der Waals surface area (Å²) in [6, 6.07) is 7.37. The fourth-order valence-electron chi connectivity index (χ4n) is 1.54. The summed E-state index contributed by atoms with van der Waals surface area (Å²) in [5.41, 5.74) is 0.0938. The van der Waals surface area contributed by atoms with E-state index in [0.717, 1.165) is 0 Å². The second-order valence-electron chi connectivity index (χ2n) is 4.26. The van der Waals surface area contributed by atoms with Gasteiger partial charge in [-0.2, -0.15) is 0 Å². The number of carbonyl (C=O) groups is 3. The number of aliphatic hydroxyl groups is 4. The lowest BCUT2D eigenvalue weighted by Gasteiger charge is -2.19. The summed E-state index contributed by atoms with van der Waals surface area (Å²) in [6.45, 7) is 0. The Morgan fingerprint density at radius 2 is 1.33 bits per heavy atom. The third kappa shape index (κ3) is 3.92. The number of Topliss-reactive ketones (excluding diaryl/α,β-unsaturated/α-hetero) is 2. The monoisotopic (exact) mass is 298 g/mol. The molecular weight excluding hydrogens is 284 g/mol. The summed E-state index contributed by atoms with van der Waals surface area (Å²) < 4.78 is 0. The van der Waals surface area contributed by atoms with Gasteiger partial charge in [-0.15, -0.1) is 0 Å². The molecule has 21 heavy (non-hydrogen) atoms. The minimum atomic E-state index is -2.46. The van der Waals surface area contributed by atoms with Gasteiger partial charge in [-0.1, -0.05) is 30.3 Å². The molecule has 0 fully saturated rings. The molecule has 0 aliphatic rings. The first-order valence-corrected chi connectivity index (χ1v) is 5.85. The maximum atomic E-state index is 11.7. The van der Waals surface area contributed by atoms with Gasteiger partial charge in [0.05, 0.1) is 0 Å². The van der Waals surface area contributed by atoms with E-state index in [4.69, 9.17) is 10.2 Å². The Kier molecular flexibility index (Phi) is 5.68. The van der Waals surface area contributed by atoms with Crippen molar-refractivity contribution in [2.24, 2.45) is 0 Å². The highest BCUT2D eigenvalue weighted by Crippen LogP contribution is 2.15. The van der Waals surface area contributed by atoms with Crippen molar-refractivity contribution in [3.8, 4) is 0 Å². The van der Waals surface area contributed by atoms with E-state index in [0.29, 0.717) is 0 Å². The number of aliphatic carboxylic acids is 1. The van der Waals surface area contributed by atoms with Crippen LogP contribution in [0.3, 0.4) is 0 Å². The lowest BCUT2D eigenvalue weighted by Crippen LogP contribution is -2.48. The van der Waals surface area contributed by atoms with Crippen LogP contribution in [0, 0.1) is 0 Å². The van der Waals surface area contributed by atoms with Gasteiger partial charge in [0.2, 0.25) is 11.6 Å². The van der Waals surface area contributed by atoms with Crippen molar-refractivity contribution in [3.63, 3.8) is 0 Å². The molecule has 8 heteroatoms. The van der Waals surface area contributed by atoms with Gasteiger partial charge in [-0.05, 0) is 5.56 Å². The Morgan fingerprint density at radius 1 is 0.810 bits per heavy atom. The molecule has 0 aliphatic heterocycles. The number of benzene rings is 1. The van der Waals surface area contributed by atoms with E-state index in [9.17, 15) is 29.7 Å². The van der Waals surface area contributed by atoms with Crippen LogP contribution < -0.4 is 0 Å². The Labute approximate surface area is 118 Å². The number of carboxylic acid groups (broad SMARTS) is 1. The average Bonchev–Trinajstić information content (AvgIpc) is 2.51. The summed E-state index contributed by atoms with van der Waals surface area (Å²) in [5.74, 6) is -4.89. The van der Waals surface area contributed by atoms with Crippen molar-refractivity contribution in [3.05, 3.63) is 35.9 Å². The Bertz CT molecular complexity index is 526. The molecule has 1 aromatic rings. The third-order valence-corrected chi connectivity index (χ3v) is 2.78. The van der Waals surface area contributed by atoms with Crippen LogP contribution in [0.1, 0.15) is 11.7 Å². The summed E-state index contributed by atoms with van der Waals surface area (Å²) in [6.07, 6.45) is -9.14. The predicted octanol–water partition coefficient (Wildman–Crippen LogP) is -1.97. The number of aliphatic hydroxyl groups excluding tert-OH is 4. The standard InChI is InChI=1S/C13H14O8/c14-7(6-4-2-1-3-5-6)8(15)9(16)10(17)11(18)12(19)13(20)21/h1-5,7,10-12,14,17-19H,(H,20,21)/t7?,10-,11+,12+/m1/s1. The molecule has 1 unspecified atom stereocenters. The SMILES string of the molecule is O=C(C(=O)[C@@H](O)[C@H](O)[C@H](O)C(=O)O)C(O)c1ccccc1. The van der Waals surface area contributed by atoms with Crippen molar-refractivity contribution in [2.45, 2.75) is 24.4 Å². The molecule has 4 atom stereocenters. The van der Waals surface area contributed by atoms with Crippen LogP contribution in [0.5, 0.6) is 0 Å². The van der Waals surface area contributed by atoms with E-state index in [-0.39, 0.29) is 5.56 Å². The van der Waals surface area contributed by atoms with Gasteiger partial charge in [0.25, 0.3) is 0 Å². The lowest BCUT2D eigenvalue weighted by molar-refractivity contribution is -0.163. The Hall–Kier alpha value is -2.13. The predicted molar refractivity (Wildman–Crippen MR) is 67.1 cm³/mol. The zero-order chi connectivity index (χ0) is 16.2. The molecule has 0 spiro atoms. The van der Waals surface area contributed by atoms with Gasteiger partial charge in [-0.25, -0.2) is 4.79 Å². The molecule has 0 saturated heterocycles. The van der Waals surface area contributed by atoms with Crippen molar-refractivity contribution in [1.29, 1.82) is 0 Å². The normalized spacial score (nSPS) is 16.6. The summed E-state index contributed by atoms with van der Waals surface area (Å²) in [5, 5.41) is 45.9. The van der Waals surface area contributed by atoms with E-state index >= 15 is 0 Å². The largest absolute Gasteiger partial charge is 0.479 e. The highest BCUT2D eigenvalue weighted by atomic mass is 16.4. The number of carboxylic acids is 1. The fourth-order valence-corrected chi connectivity index (χ4v) is 1.54. The van der Waals surface area contributed by atoms with Crippen molar-refractivity contribution < 1.29 is 39.9 Å². The third-order valence-electron chi connectivity index (χ3n) is 2.78. The highest BCUT2D eigenvalue weighted by molar-refractivity contribution is 6.40. The van der Waals surface area contributed by atoms with Crippen LogP contribution in [0.2, 0.25) is 0 Å². The van der Waals surface area contributed by atoms with Gasteiger partial charge in [-0.3, -0.25) is 9.59 Å². The molecule has 0 bridgehead atoms. The van der Waals surface area contributed by atoms with Crippen LogP contribution >= 0.6 is 0 Å². The first kappa shape index (κ1) is 16.9. The number of carbonyl (C=O) groups excluding carboxylic acids is 2. The molecule has 0 aromatic heterocycles. The van der Waals surface area contributed by atoms with Gasteiger partial charge in [0.15, 0.2) is 6.10 Å². The molecular formula is C13H14O8. The minimum absolute atomic E-state index is 0.0938. The van der Waals surface area contributed by atoms with E-state index in [1.807, 2.05) is 0 Å². The van der Waals surface area contributed by atoms with Gasteiger partial charge in [0, 0.05) is 0 Å². The maximum Gasteiger partial charge on any atom is 0.335 e. The number of hydrogen-bond donors (Lipinski definition) is 5. The zero-order valence-corrected chi connectivity index (χ0v) is 10.7. The summed E-state index contributed by atoms with van der Waals surface area (Å²) in [7, 11) is 0. The molecule has 0 amide bonds. The van der Waals surface area contributed by atoms with E-state index < -0.39 is 42.0 Å². The molecule has 1 aromatic carbocycles. The molecule has 1 rings (SSSR count). The minimum Gasteiger partial charge on any atom is -0.479 e. The second kappa shape index (κ2) is 7.04. The maximum absolute atomic E-state index is 11.7. The molecule has 0 heterocycles. The number of hydrogen-bond acceptors (Lipinski definition) is 7. The zero-order valence-electron chi connectivity index (χ0n) is 10.7. The van der Waals surface area contributed by atoms with E-state index in [2.05, 4.69) is 0 Å². The fraction of sp³-hybridized carbons (Fsp3) is 0.308. The van der Waals surface area contributed by atoms with Crippen molar-refractivity contribution in [1.82, 2.24) is 0 Å². The van der Waals surface area contributed by atoms with Crippen molar-refractivity contribution in [2.75, 3.05) is 0 Å². The van der Waals surface area contributed by atoms with Gasteiger partial charge >= 0.3 is 5.97 Å². The quantitative estimate of drug-likeness (QED) is 0.363. The molecule has 8 nitrogen and oxygen atoms in total. The smallest absolute Gasteiger partial charge is 0.335 e. The first-order valence-electron chi connectivity index (χ1n) is 5.85. The summed E-state index contributed by atoms with van der Waals surface area (Å²) >= 11 is 0.